The van der Waals surface area contributed by atoms with Crippen molar-refractivity contribution in [1.29, 1.82) is 0 Å². The molecule has 11 heteroatoms. The van der Waals surface area contributed by atoms with Crippen LogP contribution in [0.4, 0.5) is 11.4 Å². The fraction of sp³-hybridized carbons (Fsp3) is 0. The molecule has 0 heterocycles. The van der Waals surface area contributed by atoms with E-state index in [9.17, 15) is 20.2 Å². The number of benzene rings is 2. The van der Waals surface area contributed by atoms with Crippen LogP contribution < -0.4 is 11.2 Å². The van der Waals surface area contributed by atoms with E-state index in [4.69, 9.17) is 5.73 Å². The molecule has 0 fully saturated rings. The number of hydrogen-bond donors (Lipinski definition) is 2. The highest BCUT2D eigenvalue weighted by atomic mass is 16.6. The molecule has 2 aromatic rings. The van der Waals surface area contributed by atoms with Crippen LogP contribution in [-0.4, -0.2) is 28.2 Å². The van der Waals surface area contributed by atoms with E-state index < -0.39 is 9.85 Å². The molecule has 0 saturated heterocycles. The van der Waals surface area contributed by atoms with E-state index in [1.807, 2.05) is 0 Å². The van der Waals surface area contributed by atoms with Gasteiger partial charge in [0.25, 0.3) is 11.4 Å². The average Bonchev–Trinajstić information content (AvgIpc) is 2.62. The first-order chi connectivity index (χ1) is 12.5. The lowest BCUT2D eigenvalue weighted by Gasteiger charge is -1.98. The summed E-state index contributed by atoms with van der Waals surface area (Å²) in [5, 5.41) is 32.7. The third kappa shape index (κ3) is 4.92. The molecule has 0 aliphatic carbocycles. The number of nitrogens with two attached hydrogens (primary N) is 1. The Morgan fingerprint density at radius 2 is 1.42 bits per heavy atom. The average molecular weight is 355 g/mol. The van der Waals surface area contributed by atoms with Crippen molar-refractivity contribution in [3.8, 4) is 0 Å². The van der Waals surface area contributed by atoms with Crippen LogP contribution in [0.25, 0.3) is 0 Å². The highest BCUT2D eigenvalue weighted by molar-refractivity contribution is 5.88. The minimum absolute atomic E-state index is 0.108. The van der Waals surface area contributed by atoms with Gasteiger partial charge in [0.05, 0.1) is 33.4 Å². The van der Waals surface area contributed by atoms with Gasteiger partial charge in [0.1, 0.15) is 0 Å². The standard InChI is InChI=1S/C15H13N7O4/c16-15(19-17-9-11-5-1-3-7-13(11)21(23)24)20-18-10-12-6-2-4-8-14(12)22(25)26/h1-10H,(H3,16,19,20)/b17-9-,18-10-. The van der Waals surface area contributed by atoms with E-state index >= 15 is 0 Å². The van der Waals surface area contributed by atoms with Crippen LogP contribution in [0.2, 0.25) is 0 Å². The summed E-state index contributed by atoms with van der Waals surface area (Å²) >= 11 is 0. The molecule has 0 aliphatic rings. The zero-order valence-corrected chi connectivity index (χ0v) is 13.2. The van der Waals surface area contributed by atoms with Crippen LogP contribution in [-0.2, 0) is 0 Å². The molecule has 0 amide bonds. The summed E-state index contributed by atoms with van der Waals surface area (Å²) in [4.78, 5) is 20.7. The number of nitro benzene ring substituents is 2. The first kappa shape index (κ1) is 18.2. The molecule has 26 heavy (non-hydrogen) atoms. The Morgan fingerprint density at radius 3 is 1.96 bits per heavy atom. The maximum Gasteiger partial charge on any atom is 0.278 e. The fourth-order valence-corrected chi connectivity index (χ4v) is 1.87. The smallest absolute Gasteiger partial charge is 0.278 e. The first-order valence-corrected chi connectivity index (χ1v) is 7.11. The Morgan fingerprint density at radius 1 is 0.923 bits per heavy atom. The molecule has 0 radical (unpaired) electrons. The SMILES string of the molecule is NC(=N/N=C\c1ccccc1[N+](=O)[O-])N/N=C\c1ccccc1[N+](=O)[O-]. The lowest BCUT2D eigenvalue weighted by atomic mass is 10.2. The lowest BCUT2D eigenvalue weighted by Crippen LogP contribution is -2.26. The van der Waals surface area contributed by atoms with E-state index in [0.717, 1.165) is 0 Å². The summed E-state index contributed by atoms with van der Waals surface area (Å²) in [5.41, 5.74) is 8.20. The molecule has 0 aromatic heterocycles. The number of hydrazone groups is 1. The number of nitro groups is 2. The van der Waals surface area contributed by atoms with Crippen molar-refractivity contribution in [2.45, 2.75) is 0 Å². The molecule has 0 unspecified atom stereocenters. The van der Waals surface area contributed by atoms with Crippen molar-refractivity contribution in [3.05, 3.63) is 79.9 Å². The van der Waals surface area contributed by atoms with Gasteiger partial charge in [0.2, 0.25) is 5.96 Å². The first-order valence-electron chi connectivity index (χ1n) is 7.11. The van der Waals surface area contributed by atoms with Crippen molar-refractivity contribution < 1.29 is 9.85 Å². The van der Waals surface area contributed by atoms with Gasteiger partial charge in [-0.25, -0.2) is 5.43 Å². The van der Waals surface area contributed by atoms with E-state index in [0.29, 0.717) is 0 Å². The van der Waals surface area contributed by atoms with E-state index in [1.54, 1.807) is 12.1 Å². The molecule has 0 bridgehead atoms. The van der Waals surface area contributed by atoms with Gasteiger partial charge in [-0.2, -0.15) is 10.2 Å². The molecule has 132 valence electrons. The number of nitrogens with one attached hydrogen (secondary N) is 1. The van der Waals surface area contributed by atoms with Crippen molar-refractivity contribution in [1.82, 2.24) is 5.43 Å². The minimum atomic E-state index is -0.538. The Hall–Kier alpha value is -4.15. The van der Waals surface area contributed by atoms with Gasteiger partial charge >= 0.3 is 0 Å². The lowest BCUT2D eigenvalue weighted by molar-refractivity contribution is -0.385. The number of rotatable bonds is 6. The van der Waals surface area contributed by atoms with Crippen molar-refractivity contribution >= 4 is 29.8 Å². The summed E-state index contributed by atoms with van der Waals surface area (Å²) in [6, 6.07) is 12.0. The van der Waals surface area contributed by atoms with Gasteiger partial charge in [-0.05, 0) is 12.1 Å². The summed E-state index contributed by atoms with van der Waals surface area (Å²) < 4.78 is 0. The predicted octanol–water partition coefficient (Wildman–Crippen LogP) is 1.78. The van der Waals surface area contributed by atoms with Crippen molar-refractivity contribution in [2.24, 2.45) is 21.0 Å². The molecule has 11 nitrogen and oxygen atoms in total. The molecule has 3 N–H and O–H groups in total. The quantitative estimate of drug-likeness (QED) is 0.347. The van der Waals surface area contributed by atoms with Gasteiger partial charge in [-0.15, -0.1) is 5.10 Å². The second-order valence-corrected chi connectivity index (χ2v) is 4.73. The molecular formula is C15H13N7O4. The van der Waals surface area contributed by atoms with Crippen LogP contribution in [0, 0.1) is 20.2 Å². The largest absolute Gasteiger partial charge is 0.367 e. The summed E-state index contributed by atoms with van der Waals surface area (Å²) in [5.74, 6) is -0.199. The number of hydrogen-bond acceptors (Lipinski definition) is 7. The van der Waals surface area contributed by atoms with Gasteiger partial charge in [0, 0.05) is 12.1 Å². The number of para-hydroxylation sites is 2. The third-order valence-electron chi connectivity index (χ3n) is 3.01. The van der Waals surface area contributed by atoms with E-state index in [2.05, 4.69) is 20.7 Å². The molecule has 0 atom stereocenters. The van der Waals surface area contributed by atoms with E-state index in [-0.39, 0.29) is 28.5 Å². The Bertz CT molecular complexity index is 908. The van der Waals surface area contributed by atoms with E-state index in [1.165, 1.54) is 48.8 Å². The zero-order valence-electron chi connectivity index (χ0n) is 13.2. The summed E-state index contributed by atoms with van der Waals surface area (Å²) in [6.45, 7) is 0. The van der Waals surface area contributed by atoms with Crippen molar-refractivity contribution in [3.63, 3.8) is 0 Å². The van der Waals surface area contributed by atoms with Gasteiger partial charge in [-0.3, -0.25) is 20.2 Å². The molecule has 0 spiro atoms. The van der Waals surface area contributed by atoms with Gasteiger partial charge < -0.3 is 5.73 Å². The minimum Gasteiger partial charge on any atom is -0.367 e. The number of nitrogens with zero attached hydrogens (tertiary/aromatic N) is 5. The summed E-state index contributed by atoms with van der Waals surface area (Å²) in [7, 11) is 0. The van der Waals surface area contributed by atoms with Crippen molar-refractivity contribution in [2.75, 3.05) is 0 Å². The van der Waals surface area contributed by atoms with Gasteiger partial charge in [0.15, 0.2) is 0 Å². The fourth-order valence-electron chi connectivity index (χ4n) is 1.87. The topological polar surface area (TPSA) is 161 Å². The monoisotopic (exact) mass is 355 g/mol. The second kappa shape index (κ2) is 8.63. The van der Waals surface area contributed by atoms with Crippen LogP contribution in [0.1, 0.15) is 11.1 Å². The van der Waals surface area contributed by atoms with Crippen LogP contribution in [0.5, 0.6) is 0 Å². The maximum absolute atomic E-state index is 10.9. The third-order valence-corrected chi connectivity index (χ3v) is 3.01. The molecule has 0 saturated carbocycles. The molecular weight excluding hydrogens is 342 g/mol. The maximum atomic E-state index is 10.9. The number of guanidine groups is 1. The molecule has 2 aromatic carbocycles. The Balaban J connectivity index is 2.04. The molecule has 2 rings (SSSR count). The zero-order chi connectivity index (χ0) is 18.9. The Labute approximate surface area is 146 Å². The van der Waals surface area contributed by atoms with Crippen LogP contribution in [0.15, 0.2) is 63.8 Å². The highest BCUT2D eigenvalue weighted by Gasteiger charge is 2.10. The predicted molar refractivity (Wildman–Crippen MR) is 96.1 cm³/mol. The summed E-state index contributed by atoms with van der Waals surface area (Å²) in [6.07, 6.45) is 2.39. The molecule has 0 aliphatic heterocycles. The Kier molecular flexibility index (Phi) is 6.04. The van der Waals surface area contributed by atoms with Crippen LogP contribution in [0.3, 0.4) is 0 Å². The van der Waals surface area contributed by atoms with Gasteiger partial charge in [-0.1, -0.05) is 24.3 Å². The van der Waals surface area contributed by atoms with Crippen LogP contribution >= 0.6 is 0 Å². The second-order valence-electron chi connectivity index (χ2n) is 4.73. The highest BCUT2D eigenvalue weighted by Crippen LogP contribution is 2.15. The normalized spacial score (nSPS) is 11.8.